The first-order valence-electron chi connectivity index (χ1n) is 10.1. The molecule has 1 saturated carbocycles. The molecular formula is C22H27NO5. The van der Waals surface area contributed by atoms with Gasteiger partial charge in [-0.25, -0.2) is 4.79 Å². The first-order chi connectivity index (χ1) is 13.6. The summed E-state index contributed by atoms with van der Waals surface area (Å²) in [6, 6.07) is 4.01. The summed E-state index contributed by atoms with van der Waals surface area (Å²) < 4.78 is 16.6. The maximum Gasteiger partial charge on any atom is 0.336 e. The summed E-state index contributed by atoms with van der Waals surface area (Å²) in [6.45, 7) is 3.15. The van der Waals surface area contributed by atoms with Crippen LogP contribution in [-0.4, -0.2) is 30.8 Å². The second-order valence-corrected chi connectivity index (χ2v) is 7.86. The molecule has 2 heterocycles. The molecule has 1 aliphatic heterocycles. The fraction of sp³-hybridized carbons (Fsp3) is 0.545. The van der Waals surface area contributed by atoms with E-state index in [0.29, 0.717) is 37.7 Å². The maximum atomic E-state index is 12.0. The zero-order chi connectivity index (χ0) is 19.7. The van der Waals surface area contributed by atoms with Gasteiger partial charge in [-0.2, -0.15) is 0 Å². The Morgan fingerprint density at radius 3 is 2.79 bits per heavy atom. The van der Waals surface area contributed by atoms with Gasteiger partial charge in [-0.3, -0.25) is 9.69 Å². The van der Waals surface area contributed by atoms with E-state index >= 15 is 0 Å². The molecule has 0 N–H and O–H groups in total. The van der Waals surface area contributed by atoms with Crippen molar-refractivity contribution < 1.29 is 18.7 Å². The molecule has 4 rings (SSSR count). The standard InChI is InChI=1S/C22H27NO5/c1-14-10-20(25)28-22-17(14)11-15(8-9-19(24)26-2)21-18(22)12-23(13-27-21)16-6-4-3-5-7-16/h10-11,16H,3-9,12-13H2,1-2H3. The van der Waals surface area contributed by atoms with Crippen molar-refractivity contribution in [2.45, 2.75) is 64.5 Å². The lowest BCUT2D eigenvalue weighted by Crippen LogP contribution is -2.41. The molecule has 1 aromatic carbocycles. The number of carbonyl (C=O) groups excluding carboxylic acids is 1. The number of nitrogens with zero attached hydrogens (tertiary/aromatic N) is 1. The fourth-order valence-corrected chi connectivity index (χ4v) is 4.48. The highest BCUT2D eigenvalue weighted by Gasteiger charge is 2.30. The zero-order valence-electron chi connectivity index (χ0n) is 16.6. The highest BCUT2D eigenvalue weighted by atomic mass is 16.5. The topological polar surface area (TPSA) is 69.0 Å². The average Bonchev–Trinajstić information content (AvgIpc) is 2.72. The van der Waals surface area contributed by atoms with Crippen LogP contribution < -0.4 is 10.4 Å². The Bertz CT molecular complexity index is 942. The van der Waals surface area contributed by atoms with Gasteiger partial charge in [0, 0.05) is 30.5 Å². The molecule has 2 aliphatic rings. The quantitative estimate of drug-likeness (QED) is 0.591. The molecule has 0 amide bonds. The smallest absolute Gasteiger partial charge is 0.336 e. The van der Waals surface area contributed by atoms with Gasteiger partial charge >= 0.3 is 11.6 Å². The molecule has 0 saturated heterocycles. The van der Waals surface area contributed by atoms with E-state index < -0.39 is 0 Å². The minimum absolute atomic E-state index is 0.246. The molecule has 1 aromatic heterocycles. The summed E-state index contributed by atoms with van der Waals surface area (Å²) in [7, 11) is 1.40. The first-order valence-corrected chi connectivity index (χ1v) is 10.1. The third-order valence-corrected chi connectivity index (χ3v) is 6.02. The van der Waals surface area contributed by atoms with Crippen LogP contribution in [-0.2, 0) is 22.5 Å². The molecule has 6 heteroatoms. The summed E-state index contributed by atoms with van der Waals surface area (Å²) in [4.78, 5) is 26.0. The number of methoxy groups -OCH3 is 1. The van der Waals surface area contributed by atoms with E-state index in [1.165, 1.54) is 45.3 Å². The van der Waals surface area contributed by atoms with Crippen molar-refractivity contribution in [1.29, 1.82) is 0 Å². The molecule has 1 fully saturated rings. The van der Waals surface area contributed by atoms with Gasteiger partial charge in [-0.05, 0) is 43.4 Å². The molecule has 1 aliphatic carbocycles. The first kappa shape index (κ1) is 19.0. The van der Waals surface area contributed by atoms with Crippen molar-refractivity contribution in [3.8, 4) is 5.75 Å². The van der Waals surface area contributed by atoms with Crippen molar-refractivity contribution >= 4 is 16.9 Å². The van der Waals surface area contributed by atoms with E-state index in [1.807, 2.05) is 13.0 Å². The lowest BCUT2D eigenvalue weighted by molar-refractivity contribution is -0.140. The van der Waals surface area contributed by atoms with Crippen LogP contribution in [0.25, 0.3) is 11.0 Å². The van der Waals surface area contributed by atoms with Crippen molar-refractivity contribution in [2.24, 2.45) is 0 Å². The molecule has 0 atom stereocenters. The predicted molar refractivity (Wildman–Crippen MR) is 105 cm³/mol. The Kier molecular flexibility index (Phi) is 5.40. The van der Waals surface area contributed by atoms with Crippen molar-refractivity contribution in [3.63, 3.8) is 0 Å². The average molecular weight is 385 g/mol. The van der Waals surface area contributed by atoms with E-state index in [0.717, 1.165) is 27.8 Å². The highest BCUT2D eigenvalue weighted by molar-refractivity contribution is 5.86. The van der Waals surface area contributed by atoms with Crippen LogP contribution in [0, 0.1) is 6.92 Å². The Hall–Kier alpha value is -2.34. The molecule has 0 spiro atoms. The van der Waals surface area contributed by atoms with Gasteiger partial charge in [0.1, 0.15) is 18.1 Å². The molecule has 0 unspecified atom stereocenters. The Labute approximate surface area is 164 Å². The molecule has 2 aromatic rings. The van der Waals surface area contributed by atoms with E-state index in [1.54, 1.807) is 0 Å². The third kappa shape index (κ3) is 3.65. The van der Waals surface area contributed by atoms with Crippen molar-refractivity contribution in [1.82, 2.24) is 4.90 Å². The second-order valence-electron chi connectivity index (χ2n) is 7.86. The number of ether oxygens (including phenoxy) is 2. The largest absolute Gasteiger partial charge is 0.477 e. The number of esters is 1. The minimum Gasteiger partial charge on any atom is -0.477 e. The molecule has 6 nitrogen and oxygen atoms in total. The van der Waals surface area contributed by atoms with E-state index in [9.17, 15) is 9.59 Å². The lowest BCUT2D eigenvalue weighted by atomic mass is 9.92. The highest BCUT2D eigenvalue weighted by Crippen LogP contribution is 2.38. The van der Waals surface area contributed by atoms with Crippen LogP contribution in [0.3, 0.4) is 0 Å². The maximum absolute atomic E-state index is 12.0. The van der Waals surface area contributed by atoms with Crippen LogP contribution >= 0.6 is 0 Å². The lowest BCUT2D eigenvalue weighted by Gasteiger charge is -2.38. The summed E-state index contributed by atoms with van der Waals surface area (Å²) in [5.41, 5.74) is 3.04. The van der Waals surface area contributed by atoms with Crippen LogP contribution in [0.15, 0.2) is 21.3 Å². The van der Waals surface area contributed by atoms with Crippen LogP contribution in [0.1, 0.15) is 55.2 Å². The normalized spacial score (nSPS) is 17.9. The van der Waals surface area contributed by atoms with Gasteiger partial charge in [0.2, 0.25) is 0 Å². The zero-order valence-corrected chi connectivity index (χ0v) is 16.6. The third-order valence-electron chi connectivity index (χ3n) is 6.02. The van der Waals surface area contributed by atoms with Gasteiger partial charge < -0.3 is 13.9 Å². The van der Waals surface area contributed by atoms with Gasteiger partial charge in [-0.15, -0.1) is 0 Å². The Morgan fingerprint density at radius 2 is 2.04 bits per heavy atom. The molecule has 150 valence electrons. The number of carbonyl (C=O) groups is 1. The van der Waals surface area contributed by atoms with Crippen LogP contribution in [0.4, 0.5) is 0 Å². The SMILES string of the molecule is COC(=O)CCc1cc2c(C)cc(=O)oc2c2c1OCN(C1CCCCC1)C2. The fourth-order valence-electron chi connectivity index (χ4n) is 4.48. The van der Waals surface area contributed by atoms with Gasteiger partial charge in [0.15, 0.2) is 0 Å². The Balaban J connectivity index is 1.76. The van der Waals surface area contributed by atoms with Gasteiger partial charge in [0.05, 0.1) is 12.7 Å². The Morgan fingerprint density at radius 1 is 1.25 bits per heavy atom. The minimum atomic E-state index is -0.343. The van der Waals surface area contributed by atoms with E-state index in [4.69, 9.17) is 13.9 Å². The molecule has 0 radical (unpaired) electrons. The number of fused-ring (bicyclic) bond motifs is 3. The second kappa shape index (κ2) is 7.95. The van der Waals surface area contributed by atoms with Gasteiger partial charge in [0.25, 0.3) is 0 Å². The molecule has 28 heavy (non-hydrogen) atoms. The number of aryl methyl sites for hydroxylation is 2. The number of hydrogen-bond donors (Lipinski definition) is 0. The number of hydrogen-bond acceptors (Lipinski definition) is 6. The van der Waals surface area contributed by atoms with Crippen LogP contribution in [0.2, 0.25) is 0 Å². The van der Waals surface area contributed by atoms with Crippen molar-refractivity contribution in [3.05, 3.63) is 39.2 Å². The predicted octanol–water partition coefficient (Wildman–Crippen LogP) is 3.69. The van der Waals surface area contributed by atoms with Crippen molar-refractivity contribution in [2.75, 3.05) is 13.8 Å². The monoisotopic (exact) mass is 385 g/mol. The molecular weight excluding hydrogens is 358 g/mol. The van der Waals surface area contributed by atoms with Crippen LogP contribution in [0.5, 0.6) is 5.75 Å². The summed E-state index contributed by atoms with van der Waals surface area (Å²) in [5, 5.41) is 0.910. The summed E-state index contributed by atoms with van der Waals surface area (Å²) in [6.07, 6.45) is 7.00. The number of benzene rings is 1. The van der Waals surface area contributed by atoms with E-state index in [2.05, 4.69) is 4.90 Å². The number of rotatable bonds is 4. The molecule has 0 bridgehead atoms. The summed E-state index contributed by atoms with van der Waals surface area (Å²) in [5.74, 6) is 0.516. The summed E-state index contributed by atoms with van der Waals surface area (Å²) >= 11 is 0. The van der Waals surface area contributed by atoms with E-state index in [-0.39, 0.29) is 11.6 Å². The van der Waals surface area contributed by atoms with Gasteiger partial charge in [-0.1, -0.05) is 19.3 Å².